The monoisotopic (exact) mass is 224 g/mol. The first-order valence-corrected chi connectivity index (χ1v) is 5.71. The Balaban J connectivity index is 1.94. The van der Waals surface area contributed by atoms with Crippen LogP contribution in [-0.4, -0.2) is 7.11 Å². The largest absolute Gasteiger partial charge is 0.495 e. The molecule has 0 saturated carbocycles. The molecule has 3 rings (SSSR count). The van der Waals surface area contributed by atoms with Crippen molar-refractivity contribution in [3.63, 3.8) is 0 Å². The fraction of sp³-hybridized carbons (Fsp3) is 0.133. The quantitative estimate of drug-likeness (QED) is 0.776. The number of anilines is 1. The second kappa shape index (κ2) is 4.13. The van der Waals surface area contributed by atoms with Gasteiger partial charge < -0.3 is 9.64 Å². The fourth-order valence-corrected chi connectivity index (χ4v) is 2.22. The van der Waals surface area contributed by atoms with Crippen LogP contribution >= 0.6 is 0 Å². The van der Waals surface area contributed by atoms with Gasteiger partial charge in [-0.25, -0.2) is 0 Å². The van der Waals surface area contributed by atoms with E-state index in [1.54, 1.807) is 7.11 Å². The highest BCUT2D eigenvalue weighted by molar-refractivity contribution is 5.64. The minimum atomic E-state index is 0.913. The van der Waals surface area contributed by atoms with E-state index in [1.165, 1.54) is 11.1 Å². The lowest BCUT2D eigenvalue weighted by Crippen LogP contribution is -2.13. The normalized spacial score (nSPS) is 13.6. The molecule has 0 fully saturated rings. The third-order valence-electron chi connectivity index (χ3n) is 3.09. The minimum Gasteiger partial charge on any atom is -0.495 e. The zero-order chi connectivity index (χ0) is 11.7. The van der Waals surface area contributed by atoms with E-state index >= 15 is 0 Å². The van der Waals surface area contributed by atoms with Gasteiger partial charge in [-0.2, -0.15) is 0 Å². The van der Waals surface area contributed by atoms with Crippen LogP contribution in [0.25, 0.3) is 0 Å². The fourth-order valence-electron chi connectivity index (χ4n) is 2.22. The summed E-state index contributed by atoms with van der Waals surface area (Å²) in [5.74, 6) is 0.913. The van der Waals surface area contributed by atoms with Crippen LogP contribution < -0.4 is 9.64 Å². The Labute approximate surface area is 101 Å². The predicted octanol–water partition coefficient (Wildman–Crippen LogP) is 3.23. The van der Waals surface area contributed by atoms with Crippen molar-refractivity contribution in [1.82, 2.24) is 0 Å². The molecule has 0 saturated heterocycles. The van der Waals surface area contributed by atoms with Crippen molar-refractivity contribution in [3.05, 3.63) is 66.2 Å². The average Bonchev–Trinajstić information content (AvgIpc) is 2.82. The number of benzene rings is 2. The van der Waals surface area contributed by atoms with E-state index in [0.29, 0.717) is 0 Å². The van der Waals surface area contributed by atoms with Gasteiger partial charge in [-0.05, 0) is 23.3 Å². The van der Waals surface area contributed by atoms with E-state index in [4.69, 9.17) is 4.74 Å². The van der Waals surface area contributed by atoms with Gasteiger partial charge in [0.25, 0.3) is 0 Å². The van der Waals surface area contributed by atoms with Gasteiger partial charge in [-0.15, -0.1) is 0 Å². The molecule has 1 aliphatic rings. The second-order valence-electron chi connectivity index (χ2n) is 4.13. The molecule has 0 spiro atoms. The first-order valence-electron chi connectivity index (χ1n) is 5.71. The molecular formula is C15H14NO. The molecule has 2 heteroatoms. The highest BCUT2D eigenvalue weighted by atomic mass is 16.5. The number of hydrogen-bond donors (Lipinski definition) is 0. The number of methoxy groups -OCH3 is 1. The maximum absolute atomic E-state index is 5.39. The van der Waals surface area contributed by atoms with Gasteiger partial charge in [0.05, 0.1) is 19.3 Å². The number of ether oxygens (including phenoxy) is 1. The van der Waals surface area contributed by atoms with Gasteiger partial charge in [0.15, 0.2) is 0 Å². The highest BCUT2D eigenvalue weighted by Crippen LogP contribution is 2.35. The van der Waals surface area contributed by atoms with E-state index in [9.17, 15) is 0 Å². The molecule has 17 heavy (non-hydrogen) atoms. The van der Waals surface area contributed by atoms with E-state index < -0.39 is 0 Å². The Morgan fingerprint density at radius 1 is 1.00 bits per heavy atom. The molecule has 2 aromatic rings. The molecule has 1 heterocycles. The van der Waals surface area contributed by atoms with Crippen molar-refractivity contribution >= 4 is 5.69 Å². The maximum atomic E-state index is 5.39. The van der Waals surface area contributed by atoms with Gasteiger partial charge in [-0.3, -0.25) is 0 Å². The molecular weight excluding hydrogens is 210 g/mol. The van der Waals surface area contributed by atoms with Crippen molar-refractivity contribution < 1.29 is 4.74 Å². The van der Waals surface area contributed by atoms with Crippen molar-refractivity contribution in [2.75, 3.05) is 12.0 Å². The van der Waals surface area contributed by atoms with Crippen LogP contribution in [-0.2, 0) is 6.54 Å². The van der Waals surface area contributed by atoms with Crippen molar-refractivity contribution in [2.45, 2.75) is 6.54 Å². The topological polar surface area (TPSA) is 12.5 Å². The van der Waals surface area contributed by atoms with E-state index in [2.05, 4.69) is 41.8 Å². The van der Waals surface area contributed by atoms with Gasteiger partial charge in [-0.1, -0.05) is 36.4 Å². The summed E-state index contributed by atoms with van der Waals surface area (Å²) in [5, 5.41) is 0. The molecule has 1 radical (unpaired) electrons. The van der Waals surface area contributed by atoms with Crippen molar-refractivity contribution in [3.8, 4) is 5.75 Å². The van der Waals surface area contributed by atoms with Crippen LogP contribution in [0.5, 0.6) is 5.75 Å². The Hall–Kier alpha value is -1.96. The molecule has 0 amide bonds. The maximum Gasteiger partial charge on any atom is 0.142 e. The Morgan fingerprint density at radius 3 is 2.59 bits per heavy atom. The third kappa shape index (κ3) is 1.76. The van der Waals surface area contributed by atoms with Gasteiger partial charge in [0.2, 0.25) is 0 Å². The molecule has 2 aromatic carbocycles. The van der Waals surface area contributed by atoms with Gasteiger partial charge in [0, 0.05) is 6.54 Å². The molecule has 0 bridgehead atoms. The first-order chi connectivity index (χ1) is 8.38. The summed E-state index contributed by atoms with van der Waals surface area (Å²) in [7, 11) is 1.71. The lowest BCUT2D eigenvalue weighted by atomic mass is 10.1. The lowest BCUT2D eigenvalue weighted by molar-refractivity contribution is 0.415. The van der Waals surface area contributed by atoms with E-state index in [0.717, 1.165) is 18.0 Å². The first kappa shape index (κ1) is 10.2. The third-order valence-corrected chi connectivity index (χ3v) is 3.09. The zero-order valence-corrected chi connectivity index (χ0v) is 9.76. The average molecular weight is 224 g/mol. The summed E-state index contributed by atoms with van der Waals surface area (Å²) in [5.41, 5.74) is 3.77. The minimum absolute atomic E-state index is 0.913. The highest BCUT2D eigenvalue weighted by Gasteiger charge is 2.21. The Morgan fingerprint density at radius 2 is 1.76 bits per heavy atom. The van der Waals surface area contributed by atoms with Crippen LogP contribution in [0.4, 0.5) is 5.69 Å². The summed E-state index contributed by atoms with van der Waals surface area (Å²) in [6.07, 6.45) is 0. The van der Waals surface area contributed by atoms with E-state index in [1.807, 2.05) is 18.2 Å². The van der Waals surface area contributed by atoms with Crippen LogP contribution in [0.15, 0.2) is 48.5 Å². The Bertz CT molecular complexity index is 511. The van der Waals surface area contributed by atoms with E-state index in [-0.39, 0.29) is 0 Å². The number of nitrogens with zero attached hydrogens (tertiary/aromatic N) is 1. The van der Waals surface area contributed by atoms with Gasteiger partial charge in [0.1, 0.15) is 5.75 Å². The number of fused-ring (bicyclic) bond motifs is 1. The molecule has 0 N–H and O–H groups in total. The van der Waals surface area contributed by atoms with Gasteiger partial charge >= 0.3 is 0 Å². The summed E-state index contributed by atoms with van der Waals surface area (Å²) >= 11 is 0. The molecule has 0 aromatic heterocycles. The molecule has 85 valence electrons. The van der Waals surface area contributed by atoms with Crippen LogP contribution in [0.3, 0.4) is 0 Å². The summed E-state index contributed by atoms with van der Waals surface area (Å²) in [4.78, 5) is 2.23. The summed E-state index contributed by atoms with van der Waals surface area (Å²) in [6.45, 7) is 3.09. The number of para-hydroxylation sites is 2. The molecule has 2 nitrogen and oxygen atoms in total. The Kier molecular flexibility index (Phi) is 2.48. The summed E-state index contributed by atoms with van der Waals surface area (Å²) in [6, 6.07) is 16.6. The predicted molar refractivity (Wildman–Crippen MR) is 69.0 cm³/mol. The lowest BCUT2D eigenvalue weighted by Gasteiger charge is -2.19. The molecule has 0 unspecified atom stereocenters. The molecule has 1 aliphatic heterocycles. The SMILES string of the molecule is COc1ccccc1N1[CH]c2ccccc2C1. The summed E-state index contributed by atoms with van der Waals surface area (Å²) < 4.78 is 5.39. The molecule has 0 aliphatic carbocycles. The van der Waals surface area contributed by atoms with Crippen LogP contribution in [0.2, 0.25) is 0 Å². The molecule has 0 atom stereocenters. The zero-order valence-electron chi connectivity index (χ0n) is 9.76. The standard InChI is InChI=1S/C15H14NO/c1-17-15-9-5-4-8-14(15)16-10-12-6-2-3-7-13(12)11-16/h2-10H,11H2,1H3. The van der Waals surface area contributed by atoms with Crippen molar-refractivity contribution in [2.24, 2.45) is 0 Å². The van der Waals surface area contributed by atoms with Crippen LogP contribution in [0, 0.1) is 6.54 Å². The van der Waals surface area contributed by atoms with Crippen molar-refractivity contribution in [1.29, 1.82) is 0 Å². The number of hydrogen-bond acceptors (Lipinski definition) is 2. The second-order valence-corrected chi connectivity index (χ2v) is 4.13. The smallest absolute Gasteiger partial charge is 0.142 e. The number of rotatable bonds is 2. The van der Waals surface area contributed by atoms with Crippen LogP contribution in [0.1, 0.15) is 11.1 Å².